The molecule has 1 N–H and O–H groups in total. The molecule has 0 aliphatic carbocycles. The Balaban J connectivity index is 1.29. The van der Waals surface area contributed by atoms with E-state index in [-0.39, 0.29) is 18.7 Å². The van der Waals surface area contributed by atoms with Crippen molar-refractivity contribution in [3.05, 3.63) is 69.8 Å². The molecule has 1 unspecified atom stereocenters. The Kier molecular flexibility index (Phi) is 6.98. The van der Waals surface area contributed by atoms with Crippen LogP contribution >= 0.6 is 0 Å². The molecule has 3 aliphatic heterocycles. The Bertz CT molecular complexity index is 1220. The third kappa shape index (κ3) is 4.83. The number of ether oxygens (including phenoxy) is 1. The molecule has 2 aromatic carbocycles. The molecule has 0 saturated carbocycles. The van der Waals surface area contributed by atoms with E-state index in [1.165, 1.54) is 16.7 Å². The van der Waals surface area contributed by atoms with E-state index in [4.69, 9.17) is 4.74 Å². The first-order valence-electron chi connectivity index (χ1n) is 12.6. The lowest BCUT2D eigenvalue weighted by atomic mass is 9.95. The number of carbonyl (C=O) groups excluding carboxylic acids is 4. The van der Waals surface area contributed by atoms with Crippen molar-refractivity contribution in [3.8, 4) is 0 Å². The van der Waals surface area contributed by atoms with Gasteiger partial charge in [0.2, 0.25) is 11.8 Å². The van der Waals surface area contributed by atoms with Gasteiger partial charge >= 0.3 is 0 Å². The van der Waals surface area contributed by atoms with Gasteiger partial charge in [0.25, 0.3) is 11.8 Å². The number of fused-ring (bicyclic) bond motifs is 1. The van der Waals surface area contributed by atoms with Crippen molar-refractivity contribution in [1.82, 2.24) is 15.1 Å². The highest BCUT2D eigenvalue weighted by atomic mass is 16.5. The van der Waals surface area contributed by atoms with Crippen LogP contribution in [0.15, 0.2) is 36.4 Å². The van der Waals surface area contributed by atoms with Crippen molar-refractivity contribution in [2.45, 2.75) is 51.6 Å². The smallest absolute Gasteiger partial charge is 0.262 e. The number of piperidine rings is 1. The Hall–Kier alpha value is -3.36. The quantitative estimate of drug-likeness (QED) is 0.626. The minimum Gasteiger partial charge on any atom is -0.380 e. The molecule has 0 radical (unpaired) electrons. The number of aryl methyl sites for hydroxylation is 3. The molecule has 1 atom stereocenters. The highest BCUT2D eigenvalue weighted by Gasteiger charge is 2.45. The number of nitrogens with one attached hydrogen (secondary N) is 1. The van der Waals surface area contributed by atoms with Gasteiger partial charge in [0.05, 0.1) is 17.7 Å². The summed E-state index contributed by atoms with van der Waals surface area (Å²) in [5.41, 5.74) is 5.23. The van der Waals surface area contributed by atoms with Crippen LogP contribution in [0.2, 0.25) is 0 Å². The normalized spacial score (nSPS) is 20.9. The van der Waals surface area contributed by atoms with Crippen LogP contribution in [0, 0.1) is 6.92 Å². The van der Waals surface area contributed by atoms with E-state index in [1.54, 1.807) is 12.1 Å². The van der Waals surface area contributed by atoms with Crippen LogP contribution in [0.25, 0.3) is 0 Å². The number of hydrogen-bond donors (Lipinski definition) is 1. The van der Waals surface area contributed by atoms with E-state index in [0.717, 1.165) is 56.2 Å². The summed E-state index contributed by atoms with van der Waals surface area (Å²) < 4.78 is 5.56. The monoisotopic (exact) mass is 489 g/mol. The van der Waals surface area contributed by atoms with Crippen molar-refractivity contribution in [2.24, 2.45) is 0 Å². The summed E-state index contributed by atoms with van der Waals surface area (Å²) in [6.45, 7) is 6.64. The zero-order chi connectivity index (χ0) is 25.2. The molecule has 188 valence electrons. The maximum Gasteiger partial charge on any atom is 0.262 e. The zero-order valence-electron chi connectivity index (χ0n) is 20.5. The third-order valence-corrected chi connectivity index (χ3v) is 7.35. The number of nitrogens with zero attached hydrogens (tertiary/aromatic N) is 2. The molecule has 8 nitrogen and oxygen atoms in total. The van der Waals surface area contributed by atoms with Crippen LogP contribution in [0.5, 0.6) is 0 Å². The zero-order valence-corrected chi connectivity index (χ0v) is 20.5. The fourth-order valence-electron chi connectivity index (χ4n) is 5.36. The first-order valence-corrected chi connectivity index (χ1v) is 12.6. The molecule has 3 heterocycles. The molecule has 2 aromatic rings. The number of amides is 4. The summed E-state index contributed by atoms with van der Waals surface area (Å²) in [7, 11) is 0. The van der Waals surface area contributed by atoms with Crippen LogP contribution in [0.4, 0.5) is 0 Å². The van der Waals surface area contributed by atoms with Gasteiger partial charge in [-0.25, -0.2) is 0 Å². The van der Waals surface area contributed by atoms with Gasteiger partial charge in [-0.2, -0.15) is 0 Å². The average Bonchev–Trinajstić information content (AvgIpc) is 3.01. The topological polar surface area (TPSA) is 96.0 Å². The van der Waals surface area contributed by atoms with Gasteiger partial charge < -0.3 is 4.74 Å². The molecule has 4 amide bonds. The molecule has 3 aliphatic rings. The predicted octanol–water partition coefficient (Wildman–Crippen LogP) is 2.40. The lowest BCUT2D eigenvalue weighted by Gasteiger charge is -2.27. The predicted molar refractivity (Wildman–Crippen MR) is 132 cm³/mol. The Morgan fingerprint density at radius 3 is 2.64 bits per heavy atom. The minimum absolute atomic E-state index is 0.109. The van der Waals surface area contributed by atoms with Gasteiger partial charge in [0, 0.05) is 32.7 Å². The molecule has 0 aromatic heterocycles. The SMILES string of the molecule is Cc1cc(CCc2cccc3c2C(=O)N(C2CCC(=O)NC2=O)C3=O)ccc1CN1CCCOCC1. The van der Waals surface area contributed by atoms with Gasteiger partial charge in [-0.05, 0) is 60.9 Å². The summed E-state index contributed by atoms with van der Waals surface area (Å²) in [5.74, 6) is -1.89. The largest absolute Gasteiger partial charge is 0.380 e. The van der Waals surface area contributed by atoms with Gasteiger partial charge in [-0.1, -0.05) is 30.3 Å². The average molecular weight is 490 g/mol. The Labute approximate surface area is 210 Å². The second-order valence-corrected chi connectivity index (χ2v) is 9.79. The lowest BCUT2D eigenvalue weighted by Crippen LogP contribution is -2.54. The number of benzene rings is 2. The fraction of sp³-hybridized carbons (Fsp3) is 0.429. The molecular formula is C28H31N3O5. The van der Waals surface area contributed by atoms with Crippen LogP contribution in [-0.2, 0) is 33.7 Å². The second-order valence-electron chi connectivity index (χ2n) is 9.79. The molecule has 0 spiro atoms. The van der Waals surface area contributed by atoms with E-state index in [9.17, 15) is 19.2 Å². The number of imide groups is 2. The van der Waals surface area contributed by atoms with E-state index in [1.807, 2.05) is 6.07 Å². The van der Waals surface area contributed by atoms with Crippen molar-refractivity contribution in [2.75, 3.05) is 26.3 Å². The summed E-state index contributed by atoms with van der Waals surface area (Å²) >= 11 is 0. The number of hydrogen-bond acceptors (Lipinski definition) is 6. The maximum atomic E-state index is 13.3. The summed E-state index contributed by atoms with van der Waals surface area (Å²) in [5, 5.41) is 2.24. The highest BCUT2D eigenvalue weighted by molar-refractivity contribution is 6.24. The maximum absolute atomic E-state index is 13.3. The number of rotatable bonds is 6. The molecule has 0 bridgehead atoms. The minimum atomic E-state index is -0.950. The van der Waals surface area contributed by atoms with Crippen LogP contribution in [0.1, 0.15) is 62.2 Å². The molecular weight excluding hydrogens is 458 g/mol. The van der Waals surface area contributed by atoms with E-state index < -0.39 is 23.8 Å². The highest BCUT2D eigenvalue weighted by Crippen LogP contribution is 2.30. The van der Waals surface area contributed by atoms with Crippen LogP contribution in [0.3, 0.4) is 0 Å². The van der Waals surface area contributed by atoms with E-state index in [2.05, 4.69) is 35.3 Å². The fourth-order valence-corrected chi connectivity index (χ4v) is 5.36. The molecule has 36 heavy (non-hydrogen) atoms. The standard InChI is InChI=1S/C28H31N3O5/c1-18-16-19(7-9-21(18)17-30-12-3-14-36-15-13-30)6-8-20-4-2-5-22-25(20)28(35)31(27(22)34)23-10-11-24(32)29-26(23)33/h2,4-5,7,9,16,23H,3,6,8,10-15,17H2,1H3,(H,29,32,33). The Morgan fingerprint density at radius 2 is 1.83 bits per heavy atom. The summed E-state index contributed by atoms with van der Waals surface area (Å²) in [6, 6.07) is 10.9. The first-order chi connectivity index (χ1) is 17.4. The lowest BCUT2D eigenvalue weighted by molar-refractivity contribution is -0.136. The van der Waals surface area contributed by atoms with E-state index in [0.29, 0.717) is 17.5 Å². The van der Waals surface area contributed by atoms with E-state index >= 15 is 0 Å². The second kappa shape index (κ2) is 10.3. The van der Waals surface area contributed by atoms with Gasteiger partial charge in [-0.3, -0.25) is 34.3 Å². The third-order valence-electron chi connectivity index (χ3n) is 7.35. The van der Waals surface area contributed by atoms with Crippen molar-refractivity contribution in [3.63, 3.8) is 0 Å². The summed E-state index contributed by atoms with van der Waals surface area (Å²) in [4.78, 5) is 53.7. The molecule has 2 saturated heterocycles. The van der Waals surface area contributed by atoms with Crippen molar-refractivity contribution < 1.29 is 23.9 Å². The molecule has 2 fully saturated rings. The van der Waals surface area contributed by atoms with Crippen molar-refractivity contribution >= 4 is 23.6 Å². The first kappa shape index (κ1) is 24.3. The van der Waals surface area contributed by atoms with Gasteiger partial charge in [0.1, 0.15) is 6.04 Å². The van der Waals surface area contributed by atoms with Crippen LogP contribution in [-0.4, -0.2) is 65.8 Å². The molecule has 5 rings (SSSR count). The van der Waals surface area contributed by atoms with Crippen LogP contribution < -0.4 is 5.32 Å². The summed E-state index contributed by atoms with van der Waals surface area (Å²) in [6.07, 6.45) is 2.66. The van der Waals surface area contributed by atoms with Gasteiger partial charge in [-0.15, -0.1) is 0 Å². The van der Waals surface area contributed by atoms with Gasteiger partial charge in [0.15, 0.2) is 0 Å². The Morgan fingerprint density at radius 1 is 0.972 bits per heavy atom. The number of carbonyl (C=O) groups is 4. The molecule has 8 heteroatoms. The van der Waals surface area contributed by atoms with Crippen molar-refractivity contribution in [1.29, 1.82) is 0 Å².